The second kappa shape index (κ2) is 7.74. The first-order valence-electron chi connectivity index (χ1n) is 8.47. The summed E-state index contributed by atoms with van der Waals surface area (Å²) in [6, 6.07) is 13.4. The minimum Gasteiger partial charge on any atom is -0.324 e. The van der Waals surface area contributed by atoms with Gasteiger partial charge in [-0.05, 0) is 42.5 Å². The number of sulfonamides is 1. The molecule has 0 unspecified atom stereocenters. The number of hydrogen-bond donors (Lipinski definition) is 2. The van der Waals surface area contributed by atoms with Crippen molar-refractivity contribution in [3.8, 4) is 0 Å². The molecule has 0 radical (unpaired) electrons. The van der Waals surface area contributed by atoms with Crippen LogP contribution in [0.5, 0.6) is 0 Å². The van der Waals surface area contributed by atoms with Crippen molar-refractivity contribution in [2.75, 3.05) is 11.6 Å². The molecule has 0 fully saturated rings. The molecule has 1 aliphatic heterocycles. The maximum absolute atomic E-state index is 12.8. The second-order valence-electron chi connectivity index (χ2n) is 6.49. The van der Waals surface area contributed by atoms with Crippen LogP contribution < -0.4 is 10.0 Å². The van der Waals surface area contributed by atoms with Gasteiger partial charge in [-0.15, -0.1) is 11.8 Å². The standard InChI is InChI=1S/C19H21N3O3S2/c1-12(2)17(19(23)20-13-7-6-8-14(11-13)26-3)21-18-15-9-4-5-10-16(15)27(24,25)22-18/h4-12,17H,1-3H3,(H,20,23)(H,21,22)/t17-/m1/s1. The van der Waals surface area contributed by atoms with Crippen LogP contribution >= 0.6 is 11.8 Å². The van der Waals surface area contributed by atoms with Crippen LogP contribution in [0.15, 0.2) is 63.3 Å². The molecule has 0 spiro atoms. The van der Waals surface area contributed by atoms with Gasteiger partial charge in [0, 0.05) is 16.1 Å². The van der Waals surface area contributed by atoms with Gasteiger partial charge in [0.05, 0.1) is 4.90 Å². The van der Waals surface area contributed by atoms with E-state index >= 15 is 0 Å². The quantitative estimate of drug-likeness (QED) is 0.751. The van der Waals surface area contributed by atoms with E-state index in [2.05, 4.69) is 15.0 Å². The molecule has 0 bridgehead atoms. The molecule has 0 aliphatic carbocycles. The van der Waals surface area contributed by atoms with Crippen LogP contribution in [-0.2, 0) is 14.8 Å². The summed E-state index contributed by atoms with van der Waals surface area (Å²) >= 11 is 1.59. The zero-order chi connectivity index (χ0) is 19.6. The number of aliphatic imine (C=N–C) groups is 1. The Labute approximate surface area is 163 Å². The summed E-state index contributed by atoms with van der Waals surface area (Å²) in [4.78, 5) is 18.5. The van der Waals surface area contributed by atoms with Crippen molar-refractivity contribution in [2.45, 2.75) is 29.7 Å². The molecule has 8 heteroatoms. The van der Waals surface area contributed by atoms with Crippen molar-refractivity contribution in [3.05, 3.63) is 54.1 Å². The summed E-state index contributed by atoms with van der Waals surface area (Å²) in [5.74, 6) is -0.185. The molecule has 3 rings (SSSR count). The third-order valence-corrected chi connectivity index (χ3v) is 6.29. The Bertz CT molecular complexity index is 1000. The summed E-state index contributed by atoms with van der Waals surface area (Å²) in [7, 11) is -3.63. The van der Waals surface area contributed by atoms with Crippen molar-refractivity contribution >= 4 is 39.2 Å². The van der Waals surface area contributed by atoms with E-state index in [1.54, 1.807) is 30.0 Å². The summed E-state index contributed by atoms with van der Waals surface area (Å²) in [5, 5.41) is 2.88. The average Bonchev–Trinajstić information content (AvgIpc) is 2.90. The van der Waals surface area contributed by atoms with Gasteiger partial charge in [0.25, 0.3) is 10.0 Å². The van der Waals surface area contributed by atoms with Crippen LogP contribution in [0.3, 0.4) is 0 Å². The highest BCUT2D eigenvalue weighted by molar-refractivity contribution is 7.98. The molecular formula is C19H21N3O3S2. The lowest BCUT2D eigenvalue weighted by molar-refractivity contribution is -0.118. The number of fused-ring (bicyclic) bond motifs is 1. The van der Waals surface area contributed by atoms with Crippen molar-refractivity contribution in [1.82, 2.24) is 4.72 Å². The average molecular weight is 404 g/mol. The molecule has 6 nitrogen and oxygen atoms in total. The van der Waals surface area contributed by atoms with E-state index in [4.69, 9.17) is 0 Å². The highest BCUT2D eigenvalue weighted by atomic mass is 32.2. The third kappa shape index (κ3) is 4.17. The van der Waals surface area contributed by atoms with Crippen LogP contribution in [0.1, 0.15) is 19.4 Å². The Hall–Kier alpha value is -2.32. The maximum atomic E-state index is 12.8. The molecule has 2 aromatic carbocycles. The van der Waals surface area contributed by atoms with E-state index in [9.17, 15) is 13.2 Å². The minimum absolute atomic E-state index is 0.113. The fraction of sp³-hybridized carbons (Fsp3) is 0.263. The summed E-state index contributed by atoms with van der Waals surface area (Å²) in [5.41, 5.74) is 1.17. The Kier molecular flexibility index (Phi) is 5.57. The Balaban J connectivity index is 1.90. The predicted octanol–water partition coefficient (Wildman–Crippen LogP) is 3.11. The smallest absolute Gasteiger partial charge is 0.263 e. The monoisotopic (exact) mass is 403 g/mol. The first-order chi connectivity index (χ1) is 12.8. The highest BCUT2D eigenvalue weighted by Gasteiger charge is 2.32. The first kappa shape index (κ1) is 19.4. The van der Waals surface area contributed by atoms with Crippen LogP contribution in [0.4, 0.5) is 5.69 Å². The number of amidine groups is 1. The first-order valence-corrected chi connectivity index (χ1v) is 11.2. The molecular weight excluding hydrogens is 382 g/mol. The van der Waals surface area contributed by atoms with Gasteiger partial charge in [0.15, 0.2) is 0 Å². The molecule has 2 N–H and O–H groups in total. The van der Waals surface area contributed by atoms with E-state index in [0.29, 0.717) is 11.3 Å². The number of rotatable bonds is 5. The lowest BCUT2D eigenvalue weighted by atomic mass is 10.0. The van der Waals surface area contributed by atoms with Gasteiger partial charge in [0.1, 0.15) is 11.9 Å². The highest BCUT2D eigenvalue weighted by Crippen LogP contribution is 2.24. The number of carbonyl (C=O) groups is 1. The van der Waals surface area contributed by atoms with E-state index in [1.165, 1.54) is 6.07 Å². The van der Waals surface area contributed by atoms with E-state index in [0.717, 1.165) is 4.90 Å². The normalized spacial score (nSPS) is 17.4. The number of nitrogens with zero attached hydrogens (tertiary/aromatic N) is 1. The lowest BCUT2D eigenvalue weighted by Crippen LogP contribution is -2.34. The predicted molar refractivity (Wildman–Crippen MR) is 109 cm³/mol. The molecule has 1 amide bonds. The van der Waals surface area contributed by atoms with Crippen LogP contribution in [0, 0.1) is 5.92 Å². The van der Waals surface area contributed by atoms with E-state index in [-0.39, 0.29) is 22.6 Å². The SMILES string of the molecule is CSc1cccc(NC(=O)[C@H](N=C2NS(=O)(=O)c3ccccc32)C(C)C)c1. The molecule has 1 aliphatic rings. The van der Waals surface area contributed by atoms with Gasteiger partial charge in [0.2, 0.25) is 5.91 Å². The molecule has 27 heavy (non-hydrogen) atoms. The fourth-order valence-electron chi connectivity index (χ4n) is 2.80. The number of anilines is 1. The number of nitrogens with one attached hydrogen (secondary N) is 2. The maximum Gasteiger partial charge on any atom is 0.263 e. The zero-order valence-corrected chi connectivity index (χ0v) is 16.9. The topological polar surface area (TPSA) is 87.6 Å². The Morgan fingerprint density at radius 3 is 2.59 bits per heavy atom. The van der Waals surface area contributed by atoms with E-state index in [1.807, 2.05) is 44.4 Å². The van der Waals surface area contributed by atoms with Gasteiger partial charge >= 0.3 is 0 Å². The van der Waals surface area contributed by atoms with E-state index < -0.39 is 16.1 Å². The molecule has 0 saturated heterocycles. The van der Waals surface area contributed by atoms with Crippen molar-refractivity contribution in [3.63, 3.8) is 0 Å². The van der Waals surface area contributed by atoms with Crippen LogP contribution in [-0.4, -0.2) is 32.5 Å². The van der Waals surface area contributed by atoms with Gasteiger partial charge in [-0.1, -0.05) is 32.0 Å². The molecule has 142 valence electrons. The summed E-state index contributed by atoms with van der Waals surface area (Å²) in [6.07, 6.45) is 1.97. The molecule has 0 aromatic heterocycles. The van der Waals surface area contributed by atoms with Crippen LogP contribution in [0.2, 0.25) is 0 Å². The second-order valence-corrected chi connectivity index (χ2v) is 9.02. The largest absolute Gasteiger partial charge is 0.324 e. The zero-order valence-electron chi connectivity index (χ0n) is 15.3. The number of amides is 1. The summed E-state index contributed by atoms with van der Waals surface area (Å²) < 4.78 is 27.0. The summed E-state index contributed by atoms with van der Waals surface area (Å²) in [6.45, 7) is 3.75. The van der Waals surface area contributed by atoms with Gasteiger partial charge in [-0.2, -0.15) is 0 Å². The number of thioether (sulfide) groups is 1. The van der Waals surface area contributed by atoms with Crippen molar-refractivity contribution in [1.29, 1.82) is 0 Å². The number of benzene rings is 2. The molecule has 2 aromatic rings. The number of hydrogen-bond acceptors (Lipinski definition) is 5. The van der Waals surface area contributed by atoms with Crippen molar-refractivity contribution in [2.24, 2.45) is 10.9 Å². The molecule has 1 heterocycles. The van der Waals surface area contributed by atoms with Crippen molar-refractivity contribution < 1.29 is 13.2 Å². The minimum atomic E-state index is -3.63. The van der Waals surface area contributed by atoms with Gasteiger partial charge in [-0.3, -0.25) is 14.5 Å². The third-order valence-electron chi connectivity index (χ3n) is 4.17. The Morgan fingerprint density at radius 2 is 1.89 bits per heavy atom. The van der Waals surface area contributed by atoms with Gasteiger partial charge in [-0.25, -0.2) is 8.42 Å². The number of carbonyl (C=O) groups excluding carboxylic acids is 1. The fourth-order valence-corrected chi connectivity index (χ4v) is 4.49. The van der Waals surface area contributed by atoms with Gasteiger partial charge < -0.3 is 5.32 Å². The van der Waals surface area contributed by atoms with Crippen LogP contribution in [0.25, 0.3) is 0 Å². The molecule has 1 atom stereocenters. The lowest BCUT2D eigenvalue weighted by Gasteiger charge is -2.17. The molecule has 0 saturated carbocycles. The Morgan fingerprint density at radius 1 is 1.15 bits per heavy atom.